The highest BCUT2D eigenvalue weighted by molar-refractivity contribution is 7.73. The van der Waals surface area contributed by atoms with Crippen molar-refractivity contribution in [3.63, 3.8) is 0 Å². The number of thiazole rings is 1. The van der Waals surface area contributed by atoms with Crippen molar-refractivity contribution in [3.05, 3.63) is 36.9 Å². The molecule has 6 heteroatoms. The minimum absolute atomic E-state index is 0.0496. The highest BCUT2D eigenvalue weighted by Gasteiger charge is 2.15. The van der Waals surface area contributed by atoms with Crippen molar-refractivity contribution in [2.45, 2.75) is 32.7 Å². The van der Waals surface area contributed by atoms with Crippen LogP contribution in [0.5, 0.6) is 0 Å². The molecular weight excluding hydrogens is 296 g/mol. The second-order valence-electron chi connectivity index (χ2n) is 4.28. The van der Waals surface area contributed by atoms with Crippen molar-refractivity contribution in [1.82, 2.24) is 10.3 Å². The molecule has 1 amide bonds. The zero-order valence-corrected chi connectivity index (χ0v) is 13.3. The summed E-state index contributed by atoms with van der Waals surface area (Å²) in [5, 5.41) is 5.12. The van der Waals surface area contributed by atoms with Crippen molar-refractivity contribution >= 4 is 40.8 Å². The Morgan fingerprint density at radius 2 is 2.37 bits per heavy atom. The van der Waals surface area contributed by atoms with Crippen molar-refractivity contribution in [3.8, 4) is 0 Å². The van der Waals surface area contributed by atoms with Gasteiger partial charge in [-0.2, -0.15) is 0 Å². The van der Waals surface area contributed by atoms with Gasteiger partial charge >= 0.3 is 0 Å². The number of rotatable bonds is 5. The molecule has 0 spiro atoms. The van der Waals surface area contributed by atoms with Crippen LogP contribution in [0.4, 0.5) is 0 Å². The van der Waals surface area contributed by atoms with Crippen molar-refractivity contribution < 1.29 is 4.79 Å². The fourth-order valence-corrected chi connectivity index (χ4v) is 4.01. The first-order chi connectivity index (χ1) is 9.10. The summed E-state index contributed by atoms with van der Waals surface area (Å²) in [6.07, 6.45) is 1.29. The Morgan fingerprint density at radius 3 is 2.89 bits per heavy atom. The molecule has 1 unspecified atom stereocenters. The summed E-state index contributed by atoms with van der Waals surface area (Å²) in [6, 6.07) is 4.18. The molecule has 0 aromatic carbocycles. The second kappa shape index (κ2) is 6.45. The fraction of sp³-hybridized carbons (Fsp3) is 0.385. The summed E-state index contributed by atoms with van der Waals surface area (Å²) in [5.41, 5.74) is 0.995. The smallest absolute Gasteiger partial charge is 0.225 e. The van der Waals surface area contributed by atoms with Crippen LogP contribution in [0.1, 0.15) is 34.8 Å². The Balaban J connectivity index is 2.01. The topological polar surface area (TPSA) is 44.9 Å². The van der Waals surface area contributed by atoms with Crippen LogP contribution in [-0.2, 0) is 11.2 Å². The minimum Gasteiger partial charge on any atom is -0.348 e. The molecule has 1 atom stereocenters. The Bertz CT molecular complexity index is 598. The highest BCUT2D eigenvalue weighted by atomic mass is 32.1. The quantitative estimate of drug-likeness (QED) is 0.820. The predicted octanol–water partition coefficient (Wildman–Crippen LogP) is 3.99. The van der Waals surface area contributed by atoms with Crippen LogP contribution in [0.2, 0.25) is 0 Å². The third kappa shape index (κ3) is 3.75. The number of carbonyl (C=O) groups is 1. The van der Waals surface area contributed by atoms with Gasteiger partial charge in [0.25, 0.3) is 0 Å². The van der Waals surface area contributed by atoms with Crippen LogP contribution in [0.3, 0.4) is 0 Å². The van der Waals surface area contributed by atoms with E-state index in [1.54, 1.807) is 11.3 Å². The zero-order valence-electron chi connectivity index (χ0n) is 10.9. The summed E-state index contributed by atoms with van der Waals surface area (Å²) in [6.45, 7) is 4.03. The molecular formula is C13H16N2OS3. The molecule has 0 bridgehead atoms. The van der Waals surface area contributed by atoms with Crippen LogP contribution < -0.4 is 5.32 Å². The van der Waals surface area contributed by atoms with E-state index in [4.69, 9.17) is 12.2 Å². The monoisotopic (exact) mass is 312 g/mol. The third-order valence-electron chi connectivity index (χ3n) is 2.87. The Kier molecular flexibility index (Phi) is 4.90. The number of hydrogen-bond donors (Lipinski definition) is 2. The fourth-order valence-electron chi connectivity index (χ4n) is 1.86. The van der Waals surface area contributed by atoms with E-state index in [0.717, 1.165) is 20.9 Å². The summed E-state index contributed by atoms with van der Waals surface area (Å²) in [7, 11) is 0. The molecule has 19 heavy (non-hydrogen) atoms. The van der Waals surface area contributed by atoms with E-state index in [2.05, 4.69) is 23.3 Å². The normalized spacial score (nSPS) is 12.3. The number of aromatic nitrogens is 1. The van der Waals surface area contributed by atoms with Crippen molar-refractivity contribution in [2.75, 3.05) is 0 Å². The van der Waals surface area contributed by atoms with Gasteiger partial charge in [-0.3, -0.25) is 4.79 Å². The second-order valence-corrected chi connectivity index (χ2v) is 7.03. The average molecular weight is 312 g/mol. The number of nitrogens with one attached hydrogen (secondary N) is 2. The average Bonchev–Trinajstić information content (AvgIpc) is 2.97. The molecule has 2 aromatic heterocycles. The Labute approximate surface area is 125 Å². The summed E-state index contributed by atoms with van der Waals surface area (Å²) < 4.78 is 0.727. The maximum absolute atomic E-state index is 12.1. The van der Waals surface area contributed by atoms with Crippen molar-refractivity contribution in [1.29, 1.82) is 0 Å². The van der Waals surface area contributed by atoms with E-state index < -0.39 is 0 Å². The Morgan fingerprint density at radius 1 is 1.58 bits per heavy atom. The van der Waals surface area contributed by atoms with Gasteiger partial charge in [-0.15, -0.1) is 22.7 Å². The van der Waals surface area contributed by atoms with E-state index in [1.165, 1.54) is 16.2 Å². The van der Waals surface area contributed by atoms with Crippen LogP contribution in [0, 0.1) is 10.9 Å². The zero-order chi connectivity index (χ0) is 13.8. The van der Waals surface area contributed by atoms with E-state index in [-0.39, 0.29) is 11.9 Å². The summed E-state index contributed by atoms with van der Waals surface area (Å²) in [5.74, 6) is 0.0496. The van der Waals surface area contributed by atoms with Gasteiger partial charge in [0.05, 0.1) is 12.5 Å². The number of H-pyrrole nitrogens is 1. The Hall–Kier alpha value is -0.980. The summed E-state index contributed by atoms with van der Waals surface area (Å²) in [4.78, 5) is 17.4. The molecule has 0 radical (unpaired) electrons. The SMILES string of the molecule is CCC(NC(=O)Cc1sc(=S)[nH]c1C)c1cccs1. The van der Waals surface area contributed by atoms with Gasteiger partial charge < -0.3 is 10.3 Å². The van der Waals surface area contributed by atoms with Gasteiger partial charge in [0.2, 0.25) is 5.91 Å². The molecule has 2 N–H and O–H groups in total. The third-order valence-corrected chi connectivity index (χ3v) is 5.20. The lowest BCUT2D eigenvalue weighted by molar-refractivity contribution is -0.121. The highest BCUT2D eigenvalue weighted by Crippen LogP contribution is 2.22. The molecule has 0 aliphatic rings. The molecule has 0 aliphatic heterocycles. The molecule has 2 aromatic rings. The number of hydrogen-bond acceptors (Lipinski definition) is 4. The van der Waals surface area contributed by atoms with Gasteiger partial charge in [0.1, 0.15) is 0 Å². The van der Waals surface area contributed by atoms with Crippen LogP contribution in [0.15, 0.2) is 17.5 Å². The van der Waals surface area contributed by atoms with Gasteiger partial charge in [-0.05, 0) is 37.0 Å². The van der Waals surface area contributed by atoms with E-state index in [9.17, 15) is 4.79 Å². The predicted molar refractivity (Wildman–Crippen MR) is 83.4 cm³/mol. The lowest BCUT2D eigenvalue weighted by Crippen LogP contribution is -2.28. The number of aryl methyl sites for hydroxylation is 1. The van der Waals surface area contributed by atoms with Gasteiger partial charge in [-0.25, -0.2) is 0 Å². The van der Waals surface area contributed by atoms with Crippen LogP contribution in [0.25, 0.3) is 0 Å². The van der Waals surface area contributed by atoms with E-state index >= 15 is 0 Å². The molecule has 0 saturated heterocycles. The molecule has 0 saturated carbocycles. The molecule has 0 aliphatic carbocycles. The molecule has 3 nitrogen and oxygen atoms in total. The van der Waals surface area contributed by atoms with E-state index in [0.29, 0.717) is 6.42 Å². The first-order valence-electron chi connectivity index (χ1n) is 6.11. The van der Waals surface area contributed by atoms with Crippen LogP contribution in [-0.4, -0.2) is 10.9 Å². The van der Waals surface area contributed by atoms with Gasteiger partial charge in [-0.1, -0.05) is 13.0 Å². The number of amides is 1. The number of aromatic amines is 1. The molecule has 2 heterocycles. The number of thiophene rings is 1. The van der Waals surface area contributed by atoms with Gasteiger partial charge in [0, 0.05) is 15.4 Å². The summed E-state index contributed by atoms with van der Waals surface area (Å²) >= 11 is 8.23. The first-order valence-corrected chi connectivity index (χ1v) is 8.22. The van der Waals surface area contributed by atoms with Crippen LogP contribution >= 0.6 is 34.9 Å². The minimum atomic E-state index is 0.0496. The maximum Gasteiger partial charge on any atom is 0.225 e. The standard InChI is InChI=1S/C13H16N2OS3/c1-3-9(10-5-4-6-18-10)15-12(16)7-11-8(2)14-13(17)19-11/h4-6,9H,3,7H2,1-2H3,(H,14,17)(H,15,16). The maximum atomic E-state index is 12.1. The number of carbonyl (C=O) groups excluding carboxylic acids is 1. The van der Waals surface area contributed by atoms with Gasteiger partial charge in [0.15, 0.2) is 3.95 Å². The van der Waals surface area contributed by atoms with E-state index in [1.807, 2.05) is 18.4 Å². The lowest BCUT2D eigenvalue weighted by Gasteiger charge is -2.15. The lowest BCUT2D eigenvalue weighted by atomic mass is 10.2. The molecule has 102 valence electrons. The first kappa shape index (κ1) is 14.4. The molecule has 0 fully saturated rings. The molecule has 2 rings (SSSR count). The largest absolute Gasteiger partial charge is 0.348 e. The van der Waals surface area contributed by atoms with Crippen molar-refractivity contribution in [2.24, 2.45) is 0 Å².